The van der Waals surface area contributed by atoms with Crippen molar-refractivity contribution in [3.05, 3.63) is 0 Å². The molecule has 1 unspecified atom stereocenters. The third-order valence-corrected chi connectivity index (χ3v) is 1.98. The number of carboxylic acid groups (broad SMARTS) is 1. The standard InChI is InChI=1S/C9H16F3NO3/c10-9(11,12)6-16-5-3-7(8(14)15)2-1-4-13/h7H,1-6,13H2,(H,14,15). The Morgan fingerprint density at radius 3 is 2.44 bits per heavy atom. The molecule has 0 aromatic heterocycles. The van der Waals surface area contributed by atoms with Crippen LogP contribution in [0, 0.1) is 5.92 Å². The summed E-state index contributed by atoms with van der Waals surface area (Å²) in [6.45, 7) is -1.18. The molecule has 1 atom stereocenters. The van der Waals surface area contributed by atoms with Gasteiger partial charge in [0.15, 0.2) is 0 Å². The summed E-state index contributed by atoms with van der Waals surface area (Å²) < 4.78 is 39.4. The van der Waals surface area contributed by atoms with Crippen LogP contribution in [0.15, 0.2) is 0 Å². The van der Waals surface area contributed by atoms with Gasteiger partial charge in [0.2, 0.25) is 0 Å². The maximum atomic E-state index is 11.7. The van der Waals surface area contributed by atoms with E-state index in [1.165, 1.54) is 0 Å². The van der Waals surface area contributed by atoms with Crippen LogP contribution in [0.3, 0.4) is 0 Å². The summed E-state index contributed by atoms with van der Waals surface area (Å²) in [5.74, 6) is -1.71. The molecule has 0 radical (unpaired) electrons. The third-order valence-electron chi connectivity index (χ3n) is 1.98. The first kappa shape index (κ1) is 15.2. The number of rotatable bonds is 8. The molecule has 0 aliphatic heterocycles. The summed E-state index contributed by atoms with van der Waals surface area (Å²) in [6, 6.07) is 0. The van der Waals surface area contributed by atoms with Crippen LogP contribution in [0.1, 0.15) is 19.3 Å². The molecule has 0 saturated carbocycles. The summed E-state index contributed by atoms with van der Waals surface area (Å²) in [5, 5.41) is 8.74. The second kappa shape index (κ2) is 7.45. The van der Waals surface area contributed by atoms with Crippen molar-refractivity contribution < 1.29 is 27.8 Å². The predicted molar refractivity (Wildman–Crippen MR) is 50.9 cm³/mol. The second-order valence-electron chi connectivity index (χ2n) is 3.42. The van der Waals surface area contributed by atoms with Gasteiger partial charge in [0.1, 0.15) is 6.61 Å². The first-order valence-corrected chi connectivity index (χ1v) is 4.94. The van der Waals surface area contributed by atoms with Crippen molar-refractivity contribution >= 4 is 5.97 Å². The van der Waals surface area contributed by atoms with Gasteiger partial charge in [-0.15, -0.1) is 0 Å². The number of aliphatic carboxylic acids is 1. The smallest absolute Gasteiger partial charge is 0.411 e. The molecule has 16 heavy (non-hydrogen) atoms. The van der Waals surface area contributed by atoms with Crippen LogP contribution >= 0.6 is 0 Å². The lowest BCUT2D eigenvalue weighted by Crippen LogP contribution is -2.21. The lowest BCUT2D eigenvalue weighted by Gasteiger charge is -2.12. The molecule has 0 spiro atoms. The van der Waals surface area contributed by atoms with Crippen molar-refractivity contribution in [1.29, 1.82) is 0 Å². The highest BCUT2D eigenvalue weighted by atomic mass is 19.4. The molecule has 0 aliphatic rings. The van der Waals surface area contributed by atoms with Crippen LogP contribution < -0.4 is 5.73 Å². The Hall–Kier alpha value is -0.820. The van der Waals surface area contributed by atoms with Crippen LogP contribution in [0.5, 0.6) is 0 Å². The molecule has 3 N–H and O–H groups in total. The average Bonchev–Trinajstić information content (AvgIpc) is 2.14. The maximum absolute atomic E-state index is 11.7. The lowest BCUT2D eigenvalue weighted by atomic mass is 10.0. The van der Waals surface area contributed by atoms with E-state index in [0.29, 0.717) is 19.4 Å². The maximum Gasteiger partial charge on any atom is 0.411 e. The van der Waals surface area contributed by atoms with Crippen molar-refractivity contribution in [3.63, 3.8) is 0 Å². The van der Waals surface area contributed by atoms with Gasteiger partial charge in [-0.25, -0.2) is 0 Å². The van der Waals surface area contributed by atoms with E-state index >= 15 is 0 Å². The largest absolute Gasteiger partial charge is 0.481 e. The Labute approximate surface area is 91.6 Å². The highest BCUT2D eigenvalue weighted by Gasteiger charge is 2.27. The van der Waals surface area contributed by atoms with Crippen molar-refractivity contribution in [2.45, 2.75) is 25.4 Å². The first-order valence-electron chi connectivity index (χ1n) is 4.94. The number of ether oxygens (including phenoxy) is 1. The molecule has 0 bridgehead atoms. The summed E-state index contributed by atoms with van der Waals surface area (Å²) in [5.41, 5.74) is 5.22. The monoisotopic (exact) mass is 243 g/mol. The van der Waals surface area contributed by atoms with E-state index in [9.17, 15) is 18.0 Å². The number of carbonyl (C=O) groups is 1. The van der Waals surface area contributed by atoms with Gasteiger partial charge in [-0.1, -0.05) is 0 Å². The zero-order valence-electron chi connectivity index (χ0n) is 8.79. The minimum absolute atomic E-state index is 0.0748. The first-order chi connectivity index (χ1) is 7.37. The zero-order valence-corrected chi connectivity index (χ0v) is 8.79. The highest BCUT2D eigenvalue weighted by molar-refractivity contribution is 5.69. The van der Waals surface area contributed by atoms with Gasteiger partial charge in [0.25, 0.3) is 0 Å². The summed E-state index contributed by atoms with van der Waals surface area (Å²) in [6.07, 6.45) is -3.39. The molecule has 0 heterocycles. The predicted octanol–water partition coefficient (Wildman–Crippen LogP) is 1.40. The second-order valence-corrected chi connectivity index (χ2v) is 3.42. The van der Waals surface area contributed by atoms with Crippen molar-refractivity contribution in [2.24, 2.45) is 11.7 Å². The Morgan fingerprint density at radius 1 is 1.38 bits per heavy atom. The van der Waals surface area contributed by atoms with Gasteiger partial charge in [-0.3, -0.25) is 4.79 Å². The van der Waals surface area contributed by atoms with Crippen molar-refractivity contribution in [1.82, 2.24) is 0 Å². The molecule has 4 nitrogen and oxygen atoms in total. The van der Waals surface area contributed by atoms with Crippen LogP contribution in [-0.4, -0.2) is 37.0 Å². The SMILES string of the molecule is NCCCC(CCOCC(F)(F)F)C(=O)O. The third kappa shape index (κ3) is 8.49. The van der Waals surface area contributed by atoms with Gasteiger partial charge < -0.3 is 15.6 Å². The quantitative estimate of drug-likeness (QED) is 0.632. The van der Waals surface area contributed by atoms with Crippen LogP contribution in [0.4, 0.5) is 13.2 Å². The summed E-state index contributed by atoms with van der Waals surface area (Å²) >= 11 is 0. The fraction of sp³-hybridized carbons (Fsp3) is 0.889. The van der Waals surface area contributed by atoms with E-state index in [0.717, 1.165) is 0 Å². The molecule has 0 fully saturated rings. The van der Waals surface area contributed by atoms with E-state index in [-0.39, 0.29) is 13.0 Å². The van der Waals surface area contributed by atoms with Gasteiger partial charge in [0.05, 0.1) is 5.92 Å². The van der Waals surface area contributed by atoms with Crippen molar-refractivity contribution in [2.75, 3.05) is 19.8 Å². The fourth-order valence-corrected chi connectivity index (χ4v) is 1.17. The molecule has 0 aliphatic carbocycles. The molecular formula is C9H16F3NO3. The Morgan fingerprint density at radius 2 is 2.00 bits per heavy atom. The topological polar surface area (TPSA) is 72.5 Å². The van der Waals surface area contributed by atoms with Gasteiger partial charge in [-0.05, 0) is 25.8 Å². The minimum atomic E-state index is -4.37. The number of hydrogen-bond acceptors (Lipinski definition) is 3. The summed E-state index contributed by atoms with van der Waals surface area (Å²) in [4.78, 5) is 10.7. The van der Waals surface area contributed by atoms with Gasteiger partial charge in [-0.2, -0.15) is 13.2 Å². The van der Waals surface area contributed by atoms with E-state index < -0.39 is 24.7 Å². The average molecular weight is 243 g/mol. The number of nitrogens with two attached hydrogens (primary N) is 1. The van der Waals surface area contributed by atoms with E-state index in [1.807, 2.05) is 0 Å². The Kier molecular flexibility index (Phi) is 7.07. The number of hydrogen-bond donors (Lipinski definition) is 2. The molecule has 96 valence electrons. The van der Waals surface area contributed by atoms with Gasteiger partial charge in [0, 0.05) is 6.61 Å². The molecule has 0 rings (SSSR count). The molecule has 0 aromatic carbocycles. The van der Waals surface area contributed by atoms with Crippen LogP contribution in [0.2, 0.25) is 0 Å². The number of alkyl halides is 3. The highest BCUT2D eigenvalue weighted by Crippen LogP contribution is 2.16. The minimum Gasteiger partial charge on any atom is -0.481 e. The molecule has 0 amide bonds. The normalized spacial score (nSPS) is 13.8. The lowest BCUT2D eigenvalue weighted by molar-refractivity contribution is -0.175. The molecule has 7 heteroatoms. The molecular weight excluding hydrogens is 227 g/mol. The van der Waals surface area contributed by atoms with E-state index in [2.05, 4.69) is 4.74 Å². The van der Waals surface area contributed by atoms with E-state index in [1.54, 1.807) is 0 Å². The van der Waals surface area contributed by atoms with Crippen LogP contribution in [-0.2, 0) is 9.53 Å². The Balaban J connectivity index is 3.72. The van der Waals surface area contributed by atoms with Crippen molar-refractivity contribution in [3.8, 4) is 0 Å². The number of carboxylic acids is 1. The fourth-order valence-electron chi connectivity index (χ4n) is 1.17. The number of halogens is 3. The van der Waals surface area contributed by atoms with E-state index in [4.69, 9.17) is 10.8 Å². The van der Waals surface area contributed by atoms with Gasteiger partial charge >= 0.3 is 12.1 Å². The molecule has 0 saturated heterocycles. The molecule has 0 aromatic rings. The van der Waals surface area contributed by atoms with Crippen LogP contribution in [0.25, 0.3) is 0 Å². The zero-order chi connectivity index (χ0) is 12.6. The summed E-state index contributed by atoms with van der Waals surface area (Å²) in [7, 11) is 0. The Bertz CT molecular complexity index is 209.